The van der Waals surface area contributed by atoms with Gasteiger partial charge in [-0.05, 0) is 45.9 Å². The highest BCUT2D eigenvalue weighted by atomic mass is 32.2. The second kappa shape index (κ2) is 7.17. The van der Waals surface area contributed by atoms with E-state index in [0.717, 1.165) is 6.42 Å². The third-order valence-corrected chi connectivity index (χ3v) is 5.14. The van der Waals surface area contributed by atoms with Crippen molar-refractivity contribution in [1.29, 1.82) is 0 Å². The first kappa shape index (κ1) is 17.5. The van der Waals surface area contributed by atoms with Crippen molar-refractivity contribution in [3.05, 3.63) is 29.6 Å². The van der Waals surface area contributed by atoms with Gasteiger partial charge in [-0.1, -0.05) is 0 Å². The Morgan fingerprint density at radius 2 is 2.18 bits per heavy atom. The Kier molecular flexibility index (Phi) is 5.71. The van der Waals surface area contributed by atoms with Crippen LogP contribution < -0.4 is 9.46 Å². The summed E-state index contributed by atoms with van der Waals surface area (Å²) in [7, 11) is 0. The maximum atomic E-state index is 14.1. The molecule has 0 saturated carbocycles. The number of rotatable bonds is 5. The monoisotopic (exact) mass is 329 g/mol. The average molecular weight is 329 g/mol. The normalized spacial score (nSPS) is 21.6. The lowest BCUT2D eigenvalue weighted by atomic mass is 10.1. The number of hydrogen-bond donors (Lipinski definition) is 1. The number of ether oxygens (including phenoxy) is 2. The number of halogens is 1. The zero-order chi connectivity index (χ0) is 16.3. The molecule has 1 aliphatic rings. The van der Waals surface area contributed by atoms with Crippen LogP contribution in [-0.4, -0.2) is 28.6 Å². The third-order valence-electron chi connectivity index (χ3n) is 3.46. The van der Waals surface area contributed by atoms with Gasteiger partial charge >= 0.3 is 0 Å². The van der Waals surface area contributed by atoms with Crippen molar-refractivity contribution in [2.24, 2.45) is 0 Å². The van der Waals surface area contributed by atoms with Gasteiger partial charge in [0.2, 0.25) is 0 Å². The van der Waals surface area contributed by atoms with E-state index >= 15 is 0 Å². The molecule has 124 valence electrons. The average Bonchev–Trinajstić information content (AvgIpc) is 2.92. The molecule has 6 heteroatoms. The minimum atomic E-state index is -1.26. The van der Waals surface area contributed by atoms with Crippen molar-refractivity contribution in [1.82, 2.24) is 4.72 Å². The summed E-state index contributed by atoms with van der Waals surface area (Å²) < 4.78 is 39.8. The van der Waals surface area contributed by atoms with E-state index in [1.54, 1.807) is 19.1 Å². The Balaban J connectivity index is 2.08. The van der Waals surface area contributed by atoms with Gasteiger partial charge < -0.3 is 14.0 Å². The number of hydrogen-bond acceptors (Lipinski definition) is 4. The highest BCUT2D eigenvalue weighted by Crippen LogP contribution is 2.26. The van der Waals surface area contributed by atoms with Crippen molar-refractivity contribution in [2.75, 3.05) is 13.2 Å². The molecule has 1 unspecified atom stereocenters. The Morgan fingerprint density at radius 1 is 1.45 bits per heavy atom. The maximum Gasteiger partial charge on any atom is 0.136 e. The fourth-order valence-corrected chi connectivity index (χ4v) is 2.93. The quantitative estimate of drug-likeness (QED) is 0.844. The lowest BCUT2D eigenvalue weighted by Crippen LogP contribution is -2.40. The summed E-state index contributed by atoms with van der Waals surface area (Å²) in [6, 6.07) is 4.30. The van der Waals surface area contributed by atoms with E-state index in [4.69, 9.17) is 9.47 Å². The van der Waals surface area contributed by atoms with E-state index in [1.165, 1.54) is 6.07 Å². The van der Waals surface area contributed by atoms with Crippen LogP contribution in [0.4, 0.5) is 4.39 Å². The smallest absolute Gasteiger partial charge is 0.136 e. The second-order valence-electron chi connectivity index (χ2n) is 6.51. The predicted molar refractivity (Wildman–Crippen MR) is 85.7 cm³/mol. The first-order valence-electron chi connectivity index (χ1n) is 7.49. The largest absolute Gasteiger partial charge is 0.598 e. The lowest BCUT2D eigenvalue weighted by molar-refractivity contribution is 0.141. The highest BCUT2D eigenvalue weighted by molar-refractivity contribution is 7.90. The SMILES string of the molecule is C[C@H](N[S+]([O-])C(C)(C)C)c1cc(O[C@@H]2CCOC2)ccc1F. The van der Waals surface area contributed by atoms with Gasteiger partial charge in [-0.3, -0.25) is 0 Å². The zero-order valence-corrected chi connectivity index (χ0v) is 14.3. The van der Waals surface area contributed by atoms with Crippen LogP contribution in [0.1, 0.15) is 45.7 Å². The molecule has 1 aromatic carbocycles. The first-order chi connectivity index (χ1) is 10.3. The van der Waals surface area contributed by atoms with Gasteiger partial charge in [0, 0.05) is 23.3 Å². The molecule has 2 rings (SSSR count). The Bertz CT molecular complexity index is 501. The van der Waals surface area contributed by atoms with Gasteiger partial charge in [0.05, 0.1) is 19.3 Å². The van der Waals surface area contributed by atoms with E-state index in [0.29, 0.717) is 24.5 Å². The molecule has 0 amide bonds. The Hall–Kier alpha value is -0.820. The molecule has 0 aromatic heterocycles. The summed E-state index contributed by atoms with van der Waals surface area (Å²) in [6.07, 6.45) is 0.861. The standard InChI is InChI=1S/C16H24FNO3S/c1-11(18-22(19)16(2,3)4)14-9-12(5-6-15(14)17)21-13-7-8-20-10-13/h5-6,9,11,13,18H,7-8,10H2,1-4H3/t11-,13+,22?/m0/s1. The number of nitrogens with one attached hydrogen (secondary N) is 1. The first-order valence-corrected chi connectivity index (χ1v) is 8.64. The summed E-state index contributed by atoms with van der Waals surface area (Å²) in [5, 5.41) is 0. The summed E-state index contributed by atoms with van der Waals surface area (Å²) in [5.74, 6) is 0.281. The van der Waals surface area contributed by atoms with Crippen LogP contribution >= 0.6 is 0 Å². The van der Waals surface area contributed by atoms with Crippen LogP contribution in [0.2, 0.25) is 0 Å². The van der Waals surface area contributed by atoms with Gasteiger partial charge in [0.15, 0.2) is 0 Å². The molecule has 0 radical (unpaired) electrons. The lowest BCUT2D eigenvalue weighted by Gasteiger charge is -2.27. The highest BCUT2D eigenvalue weighted by Gasteiger charge is 2.29. The molecule has 1 saturated heterocycles. The van der Waals surface area contributed by atoms with Crippen molar-refractivity contribution < 1.29 is 18.4 Å². The molecule has 1 aliphatic heterocycles. The van der Waals surface area contributed by atoms with E-state index in [2.05, 4.69) is 4.72 Å². The Labute approximate surface area is 134 Å². The summed E-state index contributed by atoms with van der Waals surface area (Å²) >= 11 is -1.26. The van der Waals surface area contributed by atoms with E-state index in [-0.39, 0.29) is 18.0 Å². The minimum Gasteiger partial charge on any atom is -0.598 e. The molecule has 0 spiro atoms. The maximum absolute atomic E-state index is 14.1. The molecular weight excluding hydrogens is 305 g/mol. The molecular formula is C16H24FNO3S. The molecule has 22 heavy (non-hydrogen) atoms. The summed E-state index contributed by atoms with van der Waals surface area (Å²) in [4.78, 5) is 0. The van der Waals surface area contributed by atoms with Crippen molar-refractivity contribution in [2.45, 2.75) is 51.0 Å². The topological polar surface area (TPSA) is 53.5 Å². The molecule has 0 bridgehead atoms. The van der Waals surface area contributed by atoms with Crippen molar-refractivity contribution >= 4 is 11.4 Å². The van der Waals surface area contributed by atoms with Crippen LogP contribution in [0.5, 0.6) is 5.75 Å². The van der Waals surface area contributed by atoms with Crippen LogP contribution in [0, 0.1) is 5.82 Å². The van der Waals surface area contributed by atoms with Crippen LogP contribution in [0.3, 0.4) is 0 Å². The van der Waals surface area contributed by atoms with Crippen LogP contribution in [0.15, 0.2) is 18.2 Å². The molecule has 4 nitrogen and oxygen atoms in total. The van der Waals surface area contributed by atoms with Gasteiger partial charge in [0.25, 0.3) is 0 Å². The second-order valence-corrected chi connectivity index (χ2v) is 8.51. The Morgan fingerprint density at radius 3 is 2.77 bits per heavy atom. The van der Waals surface area contributed by atoms with E-state index in [9.17, 15) is 8.94 Å². The van der Waals surface area contributed by atoms with Gasteiger partial charge in [-0.15, -0.1) is 4.72 Å². The summed E-state index contributed by atoms with van der Waals surface area (Å²) in [5.41, 5.74) is 0.453. The predicted octanol–water partition coefficient (Wildman–Crippen LogP) is 3.11. The third kappa shape index (κ3) is 4.59. The minimum absolute atomic E-state index is 0.0188. The fourth-order valence-electron chi connectivity index (χ4n) is 2.13. The summed E-state index contributed by atoms with van der Waals surface area (Å²) in [6.45, 7) is 8.68. The van der Waals surface area contributed by atoms with Gasteiger partial charge in [0.1, 0.15) is 22.4 Å². The van der Waals surface area contributed by atoms with Gasteiger partial charge in [-0.2, -0.15) is 0 Å². The van der Waals surface area contributed by atoms with Crippen molar-refractivity contribution in [3.8, 4) is 5.75 Å². The number of benzene rings is 1. The fraction of sp³-hybridized carbons (Fsp3) is 0.625. The van der Waals surface area contributed by atoms with E-state index < -0.39 is 16.1 Å². The zero-order valence-electron chi connectivity index (χ0n) is 13.5. The molecule has 1 heterocycles. The molecule has 1 N–H and O–H groups in total. The van der Waals surface area contributed by atoms with Crippen molar-refractivity contribution in [3.63, 3.8) is 0 Å². The molecule has 0 aliphatic carbocycles. The molecule has 1 fully saturated rings. The van der Waals surface area contributed by atoms with Crippen LogP contribution in [-0.2, 0) is 16.1 Å². The molecule has 3 atom stereocenters. The van der Waals surface area contributed by atoms with E-state index in [1.807, 2.05) is 20.8 Å². The van der Waals surface area contributed by atoms with Gasteiger partial charge in [-0.25, -0.2) is 4.39 Å². The molecule has 1 aromatic rings. The van der Waals surface area contributed by atoms with Crippen LogP contribution in [0.25, 0.3) is 0 Å².